The van der Waals surface area contributed by atoms with Crippen molar-refractivity contribution < 1.29 is 4.79 Å². The summed E-state index contributed by atoms with van der Waals surface area (Å²) < 4.78 is 1.88. The third-order valence-electron chi connectivity index (χ3n) is 2.89. The molecule has 0 atom stereocenters. The summed E-state index contributed by atoms with van der Waals surface area (Å²) in [6.07, 6.45) is 4.65. The molecule has 5 nitrogen and oxygen atoms in total. The molecule has 0 fully saturated rings. The largest absolute Gasteiger partial charge is 0.325 e. The van der Waals surface area contributed by atoms with Crippen molar-refractivity contribution in [2.75, 3.05) is 18.4 Å². The lowest BCUT2D eigenvalue weighted by atomic mass is 10.2. The number of aryl methyl sites for hydroxylation is 2. The molecular weight excluding hydrogens is 252 g/mol. The number of anilines is 1. The third kappa shape index (κ3) is 4.85. The monoisotopic (exact) mass is 272 g/mol. The predicted molar refractivity (Wildman–Crippen MR) is 79.5 cm³/mol. The van der Waals surface area contributed by atoms with Crippen molar-refractivity contribution in [1.82, 2.24) is 15.1 Å². The van der Waals surface area contributed by atoms with Crippen LogP contribution >= 0.6 is 0 Å². The summed E-state index contributed by atoms with van der Waals surface area (Å²) in [4.78, 5) is 11.7. The number of rotatable bonds is 7. The van der Waals surface area contributed by atoms with Crippen LogP contribution in [0.2, 0.25) is 0 Å². The Bertz CT molecular complexity index is 537. The maximum Gasteiger partial charge on any atom is 0.238 e. The molecule has 0 unspecified atom stereocenters. The van der Waals surface area contributed by atoms with Gasteiger partial charge in [-0.25, -0.2) is 0 Å². The maximum atomic E-state index is 11.7. The lowest BCUT2D eigenvalue weighted by Gasteiger charge is -2.07. The molecule has 0 saturated carbocycles. The second kappa shape index (κ2) is 7.45. The van der Waals surface area contributed by atoms with Crippen LogP contribution < -0.4 is 10.6 Å². The van der Waals surface area contributed by atoms with Gasteiger partial charge < -0.3 is 10.6 Å². The van der Waals surface area contributed by atoms with Gasteiger partial charge in [0.15, 0.2) is 0 Å². The maximum absolute atomic E-state index is 11.7. The normalized spacial score (nSPS) is 10.4. The van der Waals surface area contributed by atoms with E-state index in [1.165, 1.54) is 0 Å². The van der Waals surface area contributed by atoms with Gasteiger partial charge in [-0.05, 0) is 43.7 Å². The van der Waals surface area contributed by atoms with Gasteiger partial charge in [-0.3, -0.25) is 9.48 Å². The molecule has 2 aromatic rings. The number of hydrogen-bond acceptors (Lipinski definition) is 3. The average molecular weight is 272 g/mol. The number of nitrogens with one attached hydrogen (secondary N) is 2. The van der Waals surface area contributed by atoms with Crippen molar-refractivity contribution in [2.24, 2.45) is 0 Å². The Morgan fingerprint density at radius 1 is 1.35 bits per heavy atom. The number of nitrogens with zero attached hydrogens (tertiary/aromatic N) is 2. The number of hydrogen-bond donors (Lipinski definition) is 2. The molecule has 0 radical (unpaired) electrons. The minimum Gasteiger partial charge on any atom is -0.325 e. The van der Waals surface area contributed by atoms with E-state index in [2.05, 4.69) is 15.7 Å². The van der Waals surface area contributed by atoms with E-state index in [0.29, 0.717) is 6.54 Å². The van der Waals surface area contributed by atoms with Crippen molar-refractivity contribution in [3.8, 4) is 0 Å². The zero-order chi connectivity index (χ0) is 14.2. The Hall–Kier alpha value is -2.14. The zero-order valence-electron chi connectivity index (χ0n) is 11.7. The Kier molecular flexibility index (Phi) is 5.32. The van der Waals surface area contributed by atoms with Gasteiger partial charge >= 0.3 is 0 Å². The molecule has 0 aliphatic rings. The first-order valence-electron chi connectivity index (χ1n) is 6.79. The van der Waals surface area contributed by atoms with Crippen molar-refractivity contribution >= 4 is 11.6 Å². The summed E-state index contributed by atoms with van der Waals surface area (Å²) in [7, 11) is 0. The van der Waals surface area contributed by atoms with Crippen LogP contribution in [0.4, 0.5) is 5.69 Å². The number of aromatic nitrogens is 2. The van der Waals surface area contributed by atoms with Crippen LogP contribution in [0.25, 0.3) is 0 Å². The predicted octanol–water partition coefficient (Wildman–Crippen LogP) is 1.81. The van der Waals surface area contributed by atoms with Crippen LogP contribution in [0.1, 0.15) is 12.0 Å². The minimum absolute atomic E-state index is 0.0188. The highest BCUT2D eigenvalue weighted by Gasteiger charge is 2.01. The summed E-state index contributed by atoms with van der Waals surface area (Å²) >= 11 is 0. The van der Waals surface area contributed by atoms with Gasteiger partial charge in [-0.15, -0.1) is 0 Å². The molecule has 2 rings (SSSR count). The average Bonchev–Trinajstić information content (AvgIpc) is 2.91. The molecule has 0 spiro atoms. The van der Waals surface area contributed by atoms with E-state index >= 15 is 0 Å². The number of carbonyl (C=O) groups excluding carboxylic acids is 1. The van der Waals surface area contributed by atoms with Gasteiger partial charge in [0.2, 0.25) is 5.91 Å². The lowest BCUT2D eigenvalue weighted by Crippen LogP contribution is -2.29. The highest BCUT2D eigenvalue weighted by molar-refractivity contribution is 5.92. The van der Waals surface area contributed by atoms with Crippen LogP contribution in [-0.2, 0) is 11.3 Å². The Labute approximate surface area is 119 Å². The summed E-state index contributed by atoms with van der Waals surface area (Å²) in [6.45, 7) is 3.98. The topological polar surface area (TPSA) is 59.0 Å². The summed E-state index contributed by atoms with van der Waals surface area (Å²) in [5.41, 5.74) is 1.98. The Morgan fingerprint density at radius 2 is 2.25 bits per heavy atom. The van der Waals surface area contributed by atoms with E-state index in [9.17, 15) is 4.79 Å². The van der Waals surface area contributed by atoms with Crippen LogP contribution in [-0.4, -0.2) is 28.8 Å². The fraction of sp³-hybridized carbons (Fsp3) is 0.333. The van der Waals surface area contributed by atoms with E-state index in [-0.39, 0.29) is 5.91 Å². The van der Waals surface area contributed by atoms with E-state index in [4.69, 9.17) is 0 Å². The van der Waals surface area contributed by atoms with Crippen molar-refractivity contribution in [3.05, 3.63) is 48.3 Å². The van der Waals surface area contributed by atoms with E-state index in [1.807, 2.05) is 48.1 Å². The van der Waals surface area contributed by atoms with Crippen LogP contribution in [0, 0.1) is 6.92 Å². The van der Waals surface area contributed by atoms with Gasteiger partial charge in [0.1, 0.15) is 0 Å². The highest BCUT2D eigenvalue weighted by Crippen LogP contribution is 2.08. The SMILES string of the molecule is Cc1cccc(NC(=O)CNCCCn2cccn2)c1. The highest BCUT2D eigenvalue weighted by atomic mass is 16.1. The fourth-order valence-corrected chi connectivity index (χ4v) is 1.93. The lowest BCUT2D eigenvalue weighted by molar-refractivity contribution is -0.115. The van der Waals surface area contributed by atoms with Crippen molar-refractivity contribution in [2.45, 2.75) is 19.9 Å². The number of amides is 1. The molecule has 5 heteroatoms. The van der Waals surface area contributed by atoms with Crippen molar-refractivity contribution in [1.29, 1.82) is 0 Å². The minimum atomic E-state index is -0.0188. The Morgan fingerprint density at radius 3 is 3.00 bits per heavy atom. The Balaban J connectivity index is 1.60. The van der Waals surface area contributed by atoms with Crippen LogP contribution in [0.5, 0.6) is 0 Å². The first kappa shape index (κ1) is 14.3. The molecule has 0 aliphatic heterocycles. The molecule has 106 valence electrons. The second-order valence-corrected chi connectivity index (χ2v) is 4.72. The van der Waals surface area contributed by atoms with Crippen molar-refractivity contribution in [3.63, 3.8) is 0 Å². The molecule has 1 amide bonds. The zero-order valence-corrected chi connectivity index (χ0v) is 11.7. The molecule has 1 heterocycles. The van der Waals surface area contributed by atoms with Crippen LogP contribution in [0.3, 0.4) is 0 Å². The fourth-order valence-electron chi connectivity index (χ4n) is 1.93. The van der Waals surface area contributed by atoms with Gasteiger partial charge in [0.25, 0.3) is 0 Å². The van der Waals surface area contributed by atoms with E-state index in [1.54, 1.807) is 6.20 Å². The second-order valence-electron chi connectivity index (χ2n) is 4.72. The van der Waals surface area contributed by atoms with Gasteiger partial charge in [0, 0.05) is 24.6 Å². The van der Waals surface area contributed by atoms with Gasteiger partial charge in [-0.2, -0.15) is 5.10 Å². The summed E-state index contributed by atoms with van der Waals surface area (Å²) in [5.74, 6) is -0.0188. The van der Waals surface area contributed by atoms with Gasteiger partial charge in [-0.1, -0.05) is 12.1 Å². The van der Waals surface area contributed by atoms with Crippen LogP contribution in [0.15, 0.2) is 42.7 Å². The summed E-state index contributed by atoms with van der Waals surface area (Å²) in [6, 6.07) is 9.69. The summed E-state index contributed by atoms with van der Waals surface area (Å²) in [5, 5.41) is 10.1. The molecule has 2 N–H and O–H groups in total. The van der Waals surface area contributed by atoms with Gasteiger partial charge in [0.05, 0.1) is 6.54 Å². The first-order valence-corrected chi connectivity index (χ1v) is 6.79. The first-order chi connectivity index (χ1) is 9.74. The van der Waals surface area contributed by atoms with E-state index in [0.717, 1.165) is 30.8 Å². The molecule has 0 saturated heterocycles. The smallest absolute Gasteiger partial charge is 0.238 e. The quantitative estimate of drug-likeness (QED) is 0.756. The van der Waals surface area contributed by atoms with E-state index < -0.39 is 0 Å². The third-order valence-corrected chi connectivity index (χ3v) is 2.89. The molecule has 20 heavy (non-hydrogen) atoms. The molecule has 1 aromatic carbocycles. The standard InChI is InChI=1S/C15H20N4O/c1-13-5-2-6-14(11-13)18-15(20)12-16-7-3-9-19-10-4-8-17-19/h2,4-6,8,10-11,16H,3,7,9,12H2,1H3,(H,18,20). The molecular formula is C15H20N4O. The molecule has 0 bridgehead atoms. The molecule has 1 aromatic heterocycles. The number of carbonyl (C=O) groups is 1. The number of benzene rings is 1. The molecule has 0 aliphatic carbocycles.